The zero-order valence-corrected chi connectivity index (χ0v) is 24.7. The molecule has 216 valence electrons. The lowest BCUT2D eigenvalue weighted by molar-refractivity contribution is -0.128. The highest BCUT2D eigenvalue weighted by Gasteiger charge is 2.40. The Labute approximate surface area is 246 Å². The minimum Gasteiger partial charge on any atom is -0.348 e. The highest BCUT2D eigenvalue weighted by molar-refractivity contribution is 8.24. The highest BCUT2D eigenvalue weighted by atomic mass is 35.5. The van der Waals surface area contributed by atoms with Gasteiger partial charge in [0.05, 0.1) is 22.0 Å². The molecule has 0 saturated carbocycles. The maximum atomic E-state index is 14.9. The summed E-state index contributed by atoms with van der Waals surface area (Å²) >= 11 is 6.75. The van der Waals surface area contributed by atoms with E-state index in [1.807, 2.05) is 30.0 Å². The number of nitrogens with zero attached hydrogens (tertiary/aromatic N) is 5. The Morgan fingerprint density at radius 3 is 2.56 bits per heavy atom. The van der Waals surface area contributed by atoms with Crippen molar-refractivity contribution < 1.29 is 18.3 Å². The van der Waals surface area contributed by atoms with Crippen molar-refractivity contribution in [1.82, 2.24) is 14.8 Å². The molecule has 0 aliphatic carbocycles. The molecule has 3 aromatic rings. The molecular formula is C30H33ClFN5O3S. The number of benzene rings is 2. The lowest BCUT2D eigenvalue weighted by Gasteiger charge is -2.48. The average Bonchev–Trinajstić information content (AvgIpc) is 2.93. The van der Waals surface area contributed by atoms with Gasteiger partial charge in [-0.3, -0.25) is 13.9 Å². The van der Waals surface area contributed by atoms with Crippen molar-refractivity contribution in [3.63, 3.8) is 0 Å². The summed E-state index contributed by atoms with van der Waals surface area (Å²) in [5, 5.41) is 0.198. The SMILES string of the molecule is C=CC(=O)N1CCN(C2=NS(O)(O)N(c3ccccc3CC(C)C)c3nc(-c4ccccc4F)c(Cl)cc32)[C@@H](C)C1. The second-order valence-electron chi connectivity index (χ2n) is 10.6. The molecule has 3 heterocycles. The van der Waals surface area contributed by atoms with Crippen molar-refractivity contribution in [3.8, 4) is 11.3 Å². The van der Waals surface area contributed by atoms with Gasteiger partial charge in [0.15, 0.2) is 11.7 Å². The van der Waals surface area contributed by atoms with Crippen LogP contribution in [0.4, 0.5) is 15.9 Å². The third kappa shape index (κ3) is 5.57. The summed E-state index contributed by atoms with van der Waals surface area (Å²) in [5.41, 5.74) is 2.30. The van der Waals surface area contributed by atoms with Crippen LogP contribution in [0, 0.1) is 11.7 Å². The summed E-state index contributed by atoms with van der Waals surface area (Å²) in [6.07, 6.45) is 1.96. The predicted molar refractivity (Wildman–Crippen MR) is 164 cm³/mol. The monoisotopic (exact) mass is 597 g/mol. The number of hydrogen-bond acceptors (Lipinski definition) is 7. The first-order valence-electron chi connectivity index (χ1n) is 13.4. The van der Waals surface area contributed by atoms with Gasteiger partial charge in [-0.2, -0.15) is 0 Å². The number of aromatic nitrogens is 1. The number of carbonyl (C=O) groups excluding carboxylic acids is 1. The van der Waals surface area contributed by atoms with E-state index in [1.165, 1.54) is 16.4 Å². The van der Waals surface area contributed by atoms with Crippen LogP contribution in [0.15, 0.2) is 71.6 Å². The predicted octanol–water partition coefficient (Wildman–Crippen LogP) is 6.94. The third-order valence-corrected chi connectivity index (χ3v) is 8.76. The number of fused-ring (bicyclic) bond motifs is 1. The number of para-hydroxylation sites is 1. The molecule has 0 spiro atoms. The molecular weight excluding hydrogens is 565 g/mol. The van der Waals surface area contributed by atoms with Gasteiger partial charge in [0, 0.05) is 31.2 Å². The fourth-order valence-electron chi connectivity index (χ4n) is 5.34. The number of anilines is 2. The van der Waals surface area contributed by atoms with Gasteiger partial charge in [-0.05, 0) is 66.1 Å². The molecule has 1 saturated heterocycles. The van der Waals surface area contributed by atoms with Crippen LogP contribution >= 0.6 is 22.6 Å². The van der Waals surface area contributed by atoms with Crippen molar-refractivity contribution in [2.75, 3.05) is 23.9 Å². The number of pyridine rings is 1. The Morgan fingerprint density at radius 1 is 1.17 bits per heavy atom. The Hall–Kier alpha value is -3.44. The van der Waals surface area contributed by atoms with E-state index in [0.717, 1.165) is 5.56 Å². The Balaban J connectivity index is 1.71. The van der Waals surface area contributed by atoms with E-state index in [1.54, 1.807) is 35.2 Å². The molecule has 0 unspecified atom stereocenters. The van der Waals surface area contributed by atoms with Crippen LogP contribution in [-0.2, 0) is 11.2 Å². The molecule has 2 aromatic carbocycles. The summed E-state index contributed by atoms with van der Waals surface area (Å²) in [6, 6.07) is 15.1. The van der Waals surface area contributed by atoms with E-state index in [2.05, 4.69) is 24.8 Å². The number of halogens is 2. The van der Waals surface area contributed by atoms with Gasteiger partial charge >= 0.3 is 0 Å². The van der Waals surface area contributed by atoms with E-state index >= 15 is 0 Å². The van der Waals surface area contributed by atoms with Crippen LogP contribution in [-0.4, -0.2) is 61.3 Å². The van der Waals surface area contributed by atoms with Crippen molar-refractivity contribution in [2.24, 2.45) is 10.3 Å². The maximum Gasteiger partial charge on any atom is 0.246 e. The molecule has 2 aliphatic heterocycles. The van der Waals surface area contributed by atoms with E-state index in [0.29, 0.717) is 49.1 Å². The van der Waals surface area contributed by atoms with Gasteiger partial charge in [0.1, 0.15) is 5.82 Å². The summed E-state index contributed by atoms with van der Waals surface area (Å²) in [6.45, 7) is 10.9. The van der Waals surface area contributed by atoms with E-state index in [-0.39, 0.29) is 34.0 Å². The van der Waals surface area contributed by atoms with E-state index in [9.17, 15) is 18.3 Å². The standard InChI is InChI=1S/C30H33ClFN5O3S/c1-5-27(38)35-14-15-36(20(4)18-35)30-23-17-24(31)28(22-11-7-8-12-25(22)32)33-29(23)37(41(39,40)34-30)26-13-9-6-10-21(26)16-19(2)3/h5-13,17,19-20,39-40H,1,14-16,18H2,2-4H3/t20-/m0/s1. The van der Waals surface area contributed by atoms with Gasteiger partial charge in [-0.25, -0.2) is 13.7 Å². The quantitative estimate of drug-likeness (QED) is 0.310. The number of amidine groups is 1. The topological polar surface area (TPSA) is 92.5 Å². The summed E-state index contributed by atoms with van der Waals surface area (Å²) in [7, 11) is -3.84. The molecule has 41 heavy (non-hydrogen) atoms. The lowest BCUT2D eigenvalue weighted by Crippen LogP contribution is -2.56. The van der Waals surface area contributed by atoms with Crippen molar-refractivity contribution in [1.29, 1.82) is 0 Å². The van der Waals surface area contributed by atoms with Crippen LogP contribution in [0.2, 0.25) is 5.02 Å². The number of carbonyl (C=O) groups is 1. The minimum absolute atomic E-state index is 0.168. The first-order chi connectivity index (χ1) is 19.5. The molecule has 0 bridgehead atoms. The average molecular weight is 598 g/mol. The number of rotatable bonds is 5. The molecule has 8 nitrogen and oxygen atoms in total. The van der Waals surface area contributed by atoms with E-state index < -0.39 is 16.8 Å². The number of piperazine rings is 1. The largest absolute Gasteiger partial charge is 0.348 e. The lowest BCUT2D eigenvalue weighted by atomic mass is 10.0. The molecule has 1 amide bonds. The van der Waals surface area contributed by atoms with Crippen LogP contribution in [0.1, 0.15) is 31.9 Å². The Kier molecular flexibility index (Phi) is 8.11. The molecule has 1 atom stereocenters. The highest BCUT2D eigenvalue weighted by Crippen LogP contribution is 2.57. The zero-order chi connectivity index (χ0) is 29.5. The second kappa shape index (κ2) is 11.4. The first kappa shape index (κ1) is 29.1. The van der Waals surface area contributed by atoms with Crippen LogP contribution in [0.3, 0.4) is 0 Å². The Morgan fingerprint density at radius 2 is 1.88 bits per heavy atom. The molecule has 1 fully saturated rings. The smallest absolute Gasteiger partial charge is 0.246 e. The summed E-state index contributed by atoms with van der Waals surface area (Å²) in [4.78, 5) is 20.7. The number of amides is 1. The van der Waals surface area contributed by atoms with Crippen LogP contribution in [0.25, 0.3) is 11.3 Å². The first-order valence-corrected chi connectivity index (χ1v) is 15.3. The van der Waals surface area contributed by atoms with E-state index in [4.69, 9.17) is 16.6 Å². The molecule has 1 aromatic heterocycles. The Bertz CT molecular complexity index is 1530. The summed E-state index contributed by atoms with van der Waals surface area (Å²) < 4.78 is 44.2. The van der Waals surface area contributed by atoms with Crippen molar-refractivity contribution in [3.05, 3.63) is 89.2 Å². The van der Waals surface area contributed by atoms with Crippen molar-refractivity contribution in [2.45, 2.75) is 33.2 Å². The fraction of sp³-hybridized carbons (Fsp3) is 0.300. The van der Waals surface area contributed by atoms with Gasteiger partial charge in [-0.1, -0.05) is 62.4 Å². The van der Waals surface area contributed by atoms with Crippen LogP contribution < -0.4 is 4.31 Å². The van der Waals surface area contributed by atoms with Crippen molar-refractivity contribution >= 4 is 45.8 Å². The maximum absolute atomic E-state index is 14.9. The van der Waals surface area contributed by atoms with Gasteiger partial charge < -0.3 is 9.80 Å². The normalized spacial score (nSPS) is 19.1. The fourth-order valence-corrected chi connectivity index (χ4v) is 6.92. The zero-order valence-electron chi connectivity index (χ0n) is 23.2. The minimum atomic E-state index is -3.84. The van der Waals surface area contributed by atoms with Gasteiger partial charge in [0.2, 0.25) is 5.91 Å². The molecule has 0 radical (unpaired) electrons. The van der Waals surface area contributed by atoms with Crippen LogP contribution in [0.5, 0.6) is 0 Å². The number of hydrogen-bond donors (Lipinski definition) is 2. The molecule has 5 rings (SSSR count). The third-order valence-electron chi connectivity index (χ3n) is 7.20. The van der Waals surface area contributed by atoms with Gasteiger partial charge in [0.25, 0.3) is 0 Å². The molecule has 2 aliphatic rings. The van der Waals surface area contributed by atoms with Gasteiger partial charge in [-0.15, -0.1) is 4.40 Å². The molecule has 11 heteroatoms. The second-order valence-corrected chi connectivity index (χ2v) is 12.6. The summed E-state index contributed by atoms with van der Waals surface area (Å²) in [5.74, 6) is 0.153. The molecule has 2 N–H and O–H groups in total.